The summed E-state index contributed by atoms with van der Waals surface area (Å²) in [5, 5.41) is 0. The Bertz CT molecular complexity index is 749. The molecule has 2 N–H and O–H groups in total. The molecule has 0 aliphatic rings. The van der Waals surface area contributed by atoms with Crippen LogP contribution in [0.3, 0.4) is 0 Å². The van der Waals surface area contributed by atoms with E-state index in [1.807, 2.05) is 6.92 Å². The number of carbonyl (C=O) groups excluding carboxylic acids is 2. The first-order valence-corrected chi connectivity index (χ1v) is 8.02. The maximum atomic E-state index is 12.2. The molecule has 0 aliphatic carbocycles. The Morgan fingerprint density at radius 1 is 1.04 bits per heavy atom. The predicted molar refractivity (Wildman–Crippen MR) is 93.2 cm³/mol. The van der Waals surface area contributed by atoms with Gasteiger partial charge in [0.25, 0.3) is 11.8 Å². The zero-order valence-electron chi connectivity index (χ0n) is 13.3. The van der Waals surface area contributed by atoms with Crippen molar-refractivity contribution < 1.29 is 19.1 Å². The third-order valence-corrected chi connectivity index (χ3v) is 3.75. The van der Waals surface area contributed by atoms with Gasteiger partial charge in [0.2, 0.25) is 0 Å². The third-order valence-electron chi connectivity index (χ3n) is 3.14. The zero-order valence-corrected chi connectivity index (χ0v) is 14.8. The minimum atomic E-state index is -0.458. The van der Waals surface area contributed by atoms with Gasteiger partial charge in [-0.15, -0.1) is 0 Å². The first-order chi connectivity index (χ1) is 11.6. The number of methoxy groups -OCH3 is 1. The van der Waals surface area contributed by atoms with Crippen molar-refractivity contribution in [2.45, 2.75) is 6.92 Å². The lowest BCUT2D eigenvalue weighted by Crippen LogP contribution is -2.41. The van der Waals surface area contributed by atoms with E-state index in [0.717, 1.165) is 0 Å². The van der Waals surface area contributed by atoms with Gasteiger partial charge < -0.3 is 9.47 Å². The molecule has 0 atom stereocenters. The second-order valence-corrected chi connectivity index (χ2v) is 5.54. The molecule has 0 unspecified atom stereocenters. The molecule has 24 heavy (non-hydrogen) atoms. The molecule has 2 amide bonds. The van der Waals surface area contributed by atoms with Crippen molar-refractivity contribution in [2.24, 2.45) is 0 Å². The molecule has 0 spiro atoms. The molecule has 0 aliphatic heterocycles. The predicted octanol–water partition coefficient (Wildman–Crippen LogP) is 2.93. The second-order valence-electron chi connectivity index (χ2n) is 4.69. The molecule has 2 aromatic carbocycles. The maximum absolute atomic E-state index is 12.2. The summed E-state index contributed by atoms with van der Waals surface area (Å²) in [5.41, 5.74) is 5.47. The number of halogens is 1. The molecule has 0 aromatic heterocycles. The van der Waals surface area contributed by atoms with Crippen LogP contribution in [0.1, 0.15) is 27.6 Å². The van der Waals surface area contributed by atoms with Gasteiger partial charge in [-0.2, -0.15) is 0 Å². The van der Waals surface area contributed by atoms with E-state index in [9.17, 15) is 9.59 Å². The number of hydrazine groups is 1. The van der Waals surface area contributed by atoms with Crippen LogP contribution in [-0.2, 0) is 0 Å². The van der Waals surface area contributed by atoms with Crippen LogP contribution in [0.25, 0.3) is 0 Å². The largest absolute Gasteiger partial charge is 0.496 e. The van der Waals surface area contributed by atoms with E-state index in [1.54, 1.807) is 42.5 Å². The van der Waals surface area contributed by atoms with Gasteiger partial charge in [0.15, 0.2) is 0 Å². The number of hydrogen-bond acceptors (Lipinski definition) is 4. The summed E-state index contributed by atoms with van der Waals surface area (Å²) in [6.45, 7) is 2.27. The van der Waals surface area contributed by atoms with Crippen molar-refractivity contribution in [3.8, 4) is 11.5 Å². The number of nitrogens with one attached hydrogen (secondary N) is 2. The van der Waals surface area contributed by atoms with Crippen molar-refractivity contribution in [1.82, 2.24) is 10.9 Å². The molecule has 2 aromatic rings. The number of ether oxygens (including phenoxy) is 2. The summed E-state index contributed by atoms with van der Waals surface area (Å²) in [6.07, 6.45) is 0. The Balaban J connectivity index is 2.04. The van der Waals surface area contributed by atoms with E-state index < -0.39 is 11.8 Å². The van der Waals surface area contributed by atoms with E-state index in [4.69, 9.17) is 9.47 Å². The zero-order chi connectivity index (χ0) is 17.5. The summed E-state index contributed by atoms with van der Waals surface area (Å²) >= 11 is 3.31. The first kappa shape index (κ1) is 17.8. The van der Waals surface area contributed by atoms with Crippen LogP contribution in [0.2, 0.25) is 0 Å². The molecule has 126 valence electrons. The van der Waals surface area contributed by atoms with Crippen molar-refractivity contribution in [3.63, 3.8) is 0 Å². The van der Waals surface area contributed by atoms with Crippen LogP contribution in [-0.4, -0.2) is 25.5 Å². The van der Waals surface area contributed by atoms with Gasteiger partial charge in [-0.1, -0.05) is 12.1 Å². The van der Waals surface area contributed by atoms with Gasteiger partial charge in [0.1, 0.15) is 11.5 Å². The normalized spacial score (nSPS) is 9.96. The van der Waals surface area contributed by atoms with Gasteiger partial charge in [-0.3, -0.25) is 20.4 Å². The van der Waals surface area contributed by atoms with Crippen molar-refractivity contribution >= 4 is 27.7 Å². The molecule has 0 fully saturated rings. The molecule has 7 heteroatoms. The molecule has 0 saturated heterocycles. The fourth-order valence-electron chi connectivity index (χ4n) is 2.00. The molecule has 2 rings (SSSR count). The van der Waals surface area contributed by atoms with Gasteiger partial charge in [-0.05, 0) is 53.2 Å². The highest BCUT2D eigenvalue weighted by Crippen LogP contribution is 2.25. The third kappa shape index (κ3) is 4.26. The Morgan fingerprint density at radius 2 is 1.75 bits per heavy atom. The molecule has 0 bridgehead atoms. The van der Waals surface area contributed by atoms with E-state index in [2.05, 4.69) is 26.8 Å². The highest BCUT2D eigenvalue weighted by Gasteiger charge is 2.14. The molecule has 6 nitrogen and oxygen atoms in total. The van der Waals surface area contributed by atoms with E-state index >= 15 is 0 Å². The fraction of sp³-hybridized carbons (Fsp3) is 0.176. The lowest BCUT2D eigenvalue weighted by Gasteiger charge is -2.11. The Morgan fingerprint density at radius 3 is 2.42 bits per heavy atom. The van der Waals surface area contributed by atoms with E-state index in [1.165, 1.54) is 7.11 Å². The van der Waals surface area contributed by atoms with Gasteiger partial charge in [-0.25, -0.2) is 0 Å². The van der Waals surface area contributed by atoms with Crippen molar-refractivity contribution in [2.75, 3.05) is 13.7 Å². The van der Waals surface area contributed by atoms with Gasteiger partial charge >= 0.3 is 0 Å². The highest BCUT2D eigenvalue weighted by molar-refractivity contribution is 9.10. The summed E-state index contributed by atoms with van der Waals surface area (Å²) < 4.78 is 11.2. The monoisotopic (exact) mass is 392 g/mol. The molecule has 0 saturated carbocycles. The molecular weight excluding hydrogens is 376 g/mol. The molecular formula is C17H17BrN2O4. The van der Waals surface area contributed by atoms with Gasteiger partial charge in [0.05, 0.1) is 23.8 Å². The quantitative estimate of drug-likeness (QED) is 0.766. The smallest absolute Gasteiger partial charge is 0.273 e. The number of para-hydroxylation sites is 1. The van der Waals surface area contributed by atoms with Crippen LogP contribution in [0.4, 0.5) is 0 Å². The summed E-state index contributed by atoms with van der Waals surface area (Å²) in [7, 11) is 1.54. The lowest BCUT2D eigenvalue weighted by atomic mass is 10.2. The topological polar surface area (TPSA) is 76.7 Å². The maximum Gasteiger partial charge on any atom is 0.273 e. The average molecular weight is 393 g/mol. The van der Waals surface area contributed by atoms with Crippen LogP contribution in [0.5, 0.6) is 11.5 Å². The Hall–Kier alpha value is -2.54. The van der Waals surface area contributed by atoms with Gasteiger partial charge in [0, 0.05) is 5.56 Å². The van der Waals surface area contributed by atoms with E-state index in [0.29, 0.717) is 33.7 Å². The van der Waals surface area contributed by atoms with E-state index in [-0.39, 0.29) is 0 Å². The number of carbonyl (C=O) groups is 2. The van der Waals surface area contributed by atoms with Crippen LogP contribution >= 0.6 is 15.9 Å². The Labute approximate surface area is 148 Å². The molecule has 0 radical (unpaired) electrons. The van der Waals surface area contributed by atoms with Crippen molar-refractivity contribution in [3.05, 3.63) is 58.1 Å². The SMILES string of the molecule is CCOc1ccccc1C(=O)NNC(=O)c1ccc(OC)c(Br)c1. The van der Waals surface area contributed by atoms with Crippen LogP contribution < -0.4 is 20.3 Å². The second kappa shape index (κ2) is 8.35. The standard InChI is InChI=1S/C17H17BrN2O4/c1-3-24-14-7-5-4-6-12(14)17(22)20-19-16(21)11-8-9-15(23-2)13(18)10-11/h4-10H,3H2,1-2H3,(H,19,21)(H,20,22). The highest BCUT2D eigenvalue weighted by atomic mass is 79.9. The minimum absolute atomic E-state index is 0.343. The lowest BCUT2D eigenvalue weighted by molar-refractivity contribution is 0.0844. The first-order valence-electron chi connectivity index (χ1n) is 7.22. The van der Waals surface area contributed by atoms with Crippen LogP contribution in [0.15, 0.2) is 46.9 Å². The Kier molecular flexibility index (Phi) is 6.20. The summed E-state index contributed by atoms with van der Waals surface area (Å²) in [4.78, 5) is 24.3. The minimum Gasteiger partial charge on any atom is -0.496 e. The average Bonchev–Trinajstić information content (AvgIpc) is 2.60. The van der Waals surface area contributed by atoms with Crippen molar-refractivity contribution in [1.29, 1.82) is 0 Å². The molecule has 0 heterocycles. The number of amides is 2. The summed E-state index contributed by atoms with van der Waals surface area (Å²) in [5.74, 6) is 0.167. The fourth-order valence-corrected chi connectivity index (χ4v) is 2.54. The van der Waals surface area contributed by atoms with Crippen LogP contribution in [0, 0.1) is 0 Å². The summed E-state index contributed by atoms with van der Waals surface area (Å²) in [6, 6.07) is 11.7. The number of hydrogen-bond donors (Lipinski definition) is 2. The number of benzene rings is 2. The number of rotatable bonds is 5.